The number of nitrogens with zero attached hydrogens (tertiary/aromatic N) is 3. The lowest BCUT2D eigenvalue weighted by Gasteiger charge is -2.22. The summed E-state index contributed by atoms with van der Waals surface area (Å²) in [5, 5.41) is 3.92. The summed E-state index contributed by atoms with van der Waals surface area (Å²) in [6.07, 6.45) is 4.25. The van der Waals surface area contributed by atoms with Crippen molar-refractivity contribution in [2.75, 3.05) is 19.0 Å². The van der Waals surface area contributed by atoms with E-state index >= 15 is 0 Å². The van der Waals surface area contributed by atoms with Gasteiger partial charge in [-0.1, -0.05) is 0 Å². The van der Waals surface area contributed by atoms with Crippen LogP contribution in [-0.2, 0) is 0 Å². The van der Waals surface area contributed by atoms with Crippen LogP contribution in [-0.4, -0.2) is 30.3 Å². The first kappa shape index (κ1) is 10.4. The van der Waals surface area contributed by atoms with Crippen molar-refractivity contribution in [1.29, 1.82) is 0 Å². The van der Waals surface area contributed by atoms with Crippen LogP contribution >= 0.6 is 0 Å². The van der Waals surface area contributed by atoms with Gasteiger partial charge < -0.3 is 15.2 Å². The van der Waals surface area contributed by atoms with Crippen molar-refractivity contribution in [1.82, 2.24) is 10.1 Å². The Morgan fingerprint density at radius 1 is 1.27 bits per heavy atom. The van der Waals surface area contributed by atoms with E-state index < -0.39 is 0 Å². The lowest BCUT2D eigenvalue weighted by atomic mass is 9.86. The van der Waals surface area contributed by atoms with Crippen molar-refractivity contribution in [3.8, 4) is 0 Å². The second-order valence-corrected chi connectivity index (χ2v) is 4.44. The van der Waals surface area contributed by atoms with E-state index in [2.05, 4.69) is 10.1 Å². The molecule has 2 rings (SSSR count). The van der Waals surface area contributed by atoms with E-state index in [1.165, 1.54) is 0 Å². The molecule has 0 radical (unpaired) electrons. The third-order valence-corrected chi connectivity index (χ3v) is 2.95. The fraction of sp³-hybridized carbons (Fsp3) is 0.800. The van der Waals surface area contributed by atoms with E-state index in [0.29, 0.717) is 17.9 Å². The topological polar surface area (TPSA) is 68.2 Å². The molecule has 0 aliphatic heterocycles. The summed E-state index contributed by atoms with van der Waals surface area (Å²) in [5.74, 6) is 1.83. The Labute approximate surface area is 89.6 Å². The predicted molar refractivity (Wildman–Crippen MR) is 57.8 cm³/mol. The molecule has 1 aromatic heterocycles. The Balaban J connectivity index is 2.03. The first-order valence-corrected chi connectivity index (χ1v) is 5.43. The highest BCUT2D eigenvalue weighted by molar-refractivity contribution is 5.24. The summed E-state index contributed by atoms with van der Waals surface area (Å²) in [5.41, 5.74) is 5.85. The molecule has 5 heteroatoms. The van der Waals surface area contributed by atoms with Gasteiger partial charge in [-0.15, -0.1) is 0 Å². The highest BCUT2D eigenvalue weighted by atomic mass is 16.5. The molecule has 0 spiro atoms. The number of rotatable bonds is 2. The van der Waals surface area contributed by atoms with Gasteiger partial charge in [0.25, 0.3) is 5.95 Å². The van der Waals surface area contributed by atoms with Crippen LogP contribution in [0.3, 0.4) is 0 Å². The third kappa shape index (κ3) is 2.28. The maximum absolute atomic E-state index is 5.85. The molecule has 5 nitrogen and oxygen atoms in total. The molecule has 0 aromatic carbocycles. The predicted octanol–water partition coefficient (Wildman–Crippen LogP) is 1.12. The van der Waals surface area contributed by atoms with Crippen molar-refractivity contribution < 1.29 is 4.52 Å². The van der Waals surface area contributed by atoms with Crippen LogP contribution in [0.2, 0.25) is 0 Å². The lowest BCUT2D eigenvalue weighted by molar-refractivity contribution is 0.301. The quantitative estimate of drug-likeness (QED) is 0.792. The molecule has 1 aromatic rings. The standard InChI is InChI=1S/C10H18N4O/c1-14(2)10-12-9(15-13-10)7-3-5-8(11)6-4-7/h7-8H,3-6,11H2,1-2H3. The summed E-state index contributed by atoms with van der Waals surface area (Å²) < 4.78 is 5.26. The van der Waals surface area contributed by atoms with Gasteiger partial charge in [0.1, 0.15) is 0 Å². The van der Waals surface area contributed by atoms with E-state index in [9.17, 15) is 0 Å². The van der Waals surface area contributed by atoms with Crippen molar-refractivity contribution in [3.63, 3.8) is 0 Å². The molecule has 0 bridgehead atoms. The molecular formula is C10H18N4O. The molecule has 0 atom stereocenters. The van der Waals surface area contributed by atoms with E-state index in [4.69, 9.17) is 10.3 Å². The third-order valence-electron chi connectivity index (χ3n) is 2.95. The average Bonchev–Trinajstić information content (AvgIpc) is 2.68. The zero-order valence-corrected chi connectivity index (χ0v) is 9.31. The van der Waals surface area contributed by atoms with Gasteiger partial charge in [-0.2, -0.15) is 4.98 Å². The molecular weight excluding hydrogens is 192 g/mol. The smallest absolute Gasteiger partial charge is 0.265 e. The van der Waals surface area contributed by atoms with Crippen LogP contribution < -0.4 is 10.6 Å². The lowest BCUT2D eigenvalue weighted by Crippen LogP contribution is -2.25. The van der Waals surface area contributed by atoms with Gasteiger partial charge in [-0.3, -0.25) is 0 Å². The van der Waals surface area contributed by atoms with Gasteiger partial charge in [-0.05, 0) is 30.8 Å². The summed E-state index contributed by atoms with van der Waals surface area (Å²) in [7, 11) is 3.82. The molecule has 1 heterocycles. The summed E-state index contributed by atoms with van der Waals surface area (Å²) >= 11 is 0. The van der Waals surface area contributed by atoms with E-state index in [-0.39, 0.29) is 0 Å². The Kier molecular flexibility index (Phi) is 2.90. The van der Waals surface area contributed by atoms with Gasteiger partial charge >= 0.3 is 0 Å². The van der Waals surface area contributed by atoms with Crippen LogP contribution in [0.25, 0.3) is 0 Å². The van der Waals surface area contributed by atoms with Gasteiger partial charge in [0, 0.05) is 26.1 Å². The van der Waals surface area contributed by atoms with Crippen molar-refractivity contribution >= 4 is 5.95 Å². The second kappa shape index (κ2) is 4.18. The van der Waals surface area contributed by atoms with Crippen molar-refractivity contribution in [3.05, 3.63) is 5.89 Å². The van der Waals surface area contributed by atoms with Crippen molar-refractivity contribution in [2.24, 2.45) is 5.73 Å². The van der Waals surface area contributed by atoms with Crippen LogP contribution in [0, 0.1) is 0 Å². The maximum atomic E-state index is 5.85. The van der Waals surface area contributed by atoms with Crippen LogP contribution in [0.5, 0.6) is 0 Å². The highest BCUT2D eigenvalue weighted by Gasteiger charge is 2.24. The fourth-order valence-electron chi connectivity index (χ4n) is 1.94. The van der Waals surface area contributed by atoms with Gasteiger partial charge in [-0.25, -0.2) is 0 Å². The molecule has 0 saturated heterocycles. The minimum Gasteiger partial charge on any atom is -0.344 e. The SMILES string of the molecule is CN(C)c1noc(C2CCC(N)CC2)n1. The number of anilines is 1. The average molecular weight is 210 g/mol. The van der Waals surface area contributed by atoms with Gasteiger partial charge in [0.2, 0.25) is 5.89 Å². The number of hydrogen-bond donors (Lipinski definition) is 1. The van der Waals surface area contributed by atoms with E-state index in [1.54, 1.807) is 0 Å². The Morgan fingerprint density at radius 2 is 1.93 bits per heavy atom. The first-order chi connectivity index (χ1) is 7.16. The molecule has 1 aliphatic rings. The number of aromatic nitrogens is 2. The van der Waals surface area contributed by atoms with Gasteiger partial charge in [0.15, 0.2) is 0 Å². The summed E-state index contributed by atoms with van der Waals surface area (Å²) in [6.45, 7) is 0. The molecule has 1 saturated carbocycles. The normalized spacial score (nSPS) is 26.6. The minimum atomic E-state index is 0.359. The zero-order valence-electron chi connectivity index (χ0n) is 9.31. The molecule has 0 unspecified atom stereocenters. The van der Waals surface area contributed by atoms with Gasteiger partial charge in [0.05, 0.1) is 0 Å². The van der Waals surface area contributed by atoms with Crippen molar-refractivity contribution in [2.45, 2.75) is 37.6 Å². The van der Waals surface area contributed by atoms with E-state index in [0.717, 1.165) is 31.6 Å². The van der Waals surface area contributed by atoms with E-state index in [1.807, 2.05) is 19.0 Å². The monoisotopic (exact) mass is 210 g/mol. The Hall–Kier alpha value is -1.10. The second-order valence-electron chi connectivity index (χ2n) is 4.44. The minimum absolute atomic E-state index is 0.359. The first-order valence-electron chi connectivity index (χ1n) is 5.43. The van der Waals surface area contributed by atoms with Crippen LogP contribution in [0.1, 0.15) is 37.5 Å². The summed E-state index contributed by atoms with van der Waals surface area (Å²) in [4.78, 5) is 6.21. The Bertz CT molecular complexity index is 315. The van der Waals surface area contributed by atoms with Crippen LogP contribution in [0.4, 0.5) is 5.95 Å². The largest absolute Gasteiger partial charge is 0.344 e. The zero-order chi connectivity index (χ0) is 10.8. The Morgan fingerprint density at radius 3 is 2.47 bits per heavy atom. The molecule has 2 N–H and O–H groups in total. The maximum Gasteiger partial charge on any atom is 0.265 e. The highest BCUT2D eigenvalue weighted by Crippen LogP contribution is 2.31. The molecule has 1 aliphatic carbocycles. The molecule has 84 valence electrons. The van der Waals surface area contributed by atoms with Crippen LogP contribution in [0.15, 0.2) is 4.52 Å². The molecule has 15 heavy (non-hydrogen) atoms. The fourth-order valence-corrected chi connectivity index (χ4v) is 1.94. The molecule has 1 fully saturated rings. The number of nitrogens with two attached hydrogens (primary N) is 1. The number of hydrogen-bond acceptors (Lipinski definition) is 5. The molecule has 0 amide bonds. The summed E-state index contributed by atoms with van der Waals surface area (Å²) in [6, 6.07) is 0.359.